The fraction of sp³-hybridized carbons (Fsp3) is 0.528. The largest absolute Gasteiger partial charge is 0.469 e. The van der Waals surface area contributed by atoms with E-state index < -0.39 is 20.0 Å². The van der Waals surface area contributed by atoms with Crippen molar-refractivity contribution in [2.75, 3.05) is 49.7 Å². The summed E-state index contributed by atoms with van der Waals surface area (Å²) in [5, 5.41) is 22.0. The lowest BCUT2D eigenvalue weighted by Gasteiger charge is -2.33. The molecule has 268 valence electrons. The number of nitrogens with one attached hydrogen (secondary N) is 1. The number of nitrogens with zero attached hydrogens (tertiary/aromatic N) is 5. The molecule has 14 heteroatoms. The van der Waals surface area contributed by atoms with E-state index in [1.165, 1.54) is 7.11 Å². The summed E-state index contributed by atoms with van der Waals surface area (Å²) in [5.41, 5.74) is 2.07. The number of benzene rings is 2. The Morgan fingerprint density at radius 2 is 1.94 bits per heavy atom. The minimum absolute atomic E-state index is 0.0443. The van der Waals surface area contributed by atoms with E-state index in [2.05, 4.69) is 15.6 Å². The molecule has 0 bridgehead atoms. The standard InChI is InChI=1S/C36H48N6O7Si/c1-24-34(50(3,4)47)31(15-18-40-22-29(38-39-40)27(23-43)25-10-6-5-7-11-25)49-36(24)28-20-26(41-19-16-37-21-32(41)44)13-14-30(28)42(35(36)46)17-9-8-12-33(45)48-2/h5-7,10-11,13-14,20,22,24,27,31,34,37,43,47H,8-9,12,15-19,21,23H2,1-4H3/t24-,27?,31+,34-,36+/m0/s1. The summed E-state index contributed by atoms with van der Waals surface area (Å²) in [6.45, 7) is 7.91. The number of esters is 1. The lowest BCUT2D eigenvalue weighted by molar-refractivity contribution is -0.146. The predicted molar refractivity (Wildman–Crippen MR) is 189 cm³/mol. The third kappa shape index (κ3) is 6.74. The Kier molecular flexibility index (Phi) is 10.6. The summed E-state index contributed by atoms with van der Waals surface area (Å²) in [6, 6.07) is 15.4. The van der Waals surface area contributed by atoms with Crippen molar-refractivity contribution >= 4 is 37.5 Å². The summed E-state index contributed by atoms with van der Waals surface area (Å²) < 4.78 is 13.6. The first-order valence-corrected chi connectivity index (χ1v) is 20.5. The molecule has 2 saturated heterocycles. The number of amides is 2. The lowest BCUT2D eigenvalue weighted by Crippen LogP contribution is -2.48. The highest BCUT2D eigenvalue weighted by Crippen LogP contribution is 2.60. The van der Waals surface area contributed by atoms with Crippen LogP contribution < -0.4 is 15.1 Å². The van der Waals surface area contributed by atoms with E-state index in [9.17, 15) is 24.3 Å². The number of carbonyl (C=O) groups excluding carboxylic acids is 3. The number of rotatable bonds is 13. The second kappa shape index (κ2) is 14.7. The molecule has 0 aliphatic carbocycles. The maximum Gasteiger partial charge on any atom is 0.305 e. The molecule has 13 nitrogen and oxygen atoms in total. The number of carbonyl (C=O) groups is 3. The van der Waals surface area contributed by atoms with Crippen molar-refractivity contribution in [3.05, 3.63) is 71.5 Å². The van der Waals surface area contributed by atoms with Gasteiger partial charge in [0, 0.05) is 61.5 Å². The molecule has 4 heterocycles. The molecular weight excluding hydrogens is 657 g/mol. The van der Waals surface area contributed by atoms with Crippen LogP contribution in [0.1, 0.15) is 55.3 Å². The van der Waals surface area contributed by atoms with Crippen LogP contribution in [0.15, 0.2) is 54.7 Å². The van der Waals surface area contributed by atoms with Crippen molar-refractivity contribution in [2.24, 2.45) is 5.92 Å². The van der Waals surface area contributed by atoms with Crippen LogP contribution in [-0.2, 0) is 36.0 Å². The van der Waals surface area contributed by atoms with Gasteiger partial charge in [-0.05, 0) is 56.1 Å². The number of aryl methyl sites for hydroxylation is 1. The number of methoxy groups -OCH3 is 1. The van der Waals surface area contributed by atoms with E-state index in [0.717, 1.165) is 11.3 Å². The van der Waals surface area contributed by atoms with Gasteiger partial charge in [-0.2, -0.15) is 0 Å². The number of fused-ring (bicyclic) bond motifs is 2. The molecule has 3 aliphatic rings. The summed E-state index contributed by atoms with van der Waals surface area (Å²) in [5.74, 6) is -1.21. The van der Waals surface area contributed by atoms with Crippen molar-refractivity contribution in [1.82, 2.24) is 20.3 Å². The fourth-order valence-electron chi connectivity index (χ4n) is 8.14. The van der Waals surface area contributed by atoms with Gasteiger partial charge in [-0.15, -0.1) is 5.10 Å². The molecule has 3 aliphatic heterocycles. The topological polar surface area (TPSA) is 159 Å². The van der Waals surface area contributed by atoms with Gasteiger partial charge in [0.2, 0.25) is 5.91 Å². The Morgan fingerprint density at radius 1 is 1.16 bits per heavy atom. The Balaban J connectivity index is 1.31. The van der Waals surface area contributed by atoms with Gasteiger partial charge in [0.15, 0.2) is 13.9 Å². The van der Waals surface area contributed by atoms with Crippen LogP contribution in [0, 0.1) is 5.92 Å². The maximum atomic E-state index is 14.8. The number of piperazine rings is 1. The third-order valence-electron chi connectivity index (χ3n) is 10.5. The zero-order valence-electron chi connectivity index (χ0n) is 29.2. The summed E-state index contributed by atoms with van der Waals surface area (Å²) in [6.07, 6.45) is 3.25. The number of hydrogen-bond donors (Lipinski definition) is 3. The van der Waals surface area contributed by atoms with Crippen LogP contribution in [-0.4, -0.2) is 97.0 Å². The molecule has 6 rings (SSSR count). The van der Waals surface area contributed by atoms with Gasteiger partial charge in [-0.25, -0.2) is 0 Å². The highest BCUT2D eigenvalue weighted by molar-refractivity contribution is 6.71. The van der Waals surface area contributed by atoms with Gasteiger partial charge in [-0.1, -0.05) is 42.5 Å². The van der Waals surface area contributed by atoms with Gasteiger partial charge in [-0.3, -0.25) is 19.1 Å². The van der Waals surface area contributed by atoms with Crippen molar-refractivity contribution < 1.29 is 33.8 Å². The third-order valence-corrected chi connectivity index (χ3v) is 13.1. The molecule has 2 amide bonds. The molecule has 0 radical (unpaired) electrons. The van der Waals surface area contributed by atoms with E-state index in [0.29, 0.717) is 62.4 Å². The number of unbranched alkanes of at least 4 members (excludes halogenated alkanes) is 1. The Labute approximate surface area is 293 Å². The first-order valence-electron chi connectivity index (χ1n) is 17.5. The number of anilines is 2. The number of hydrogen-bond acceptors (Lipinski definition) is 10. The van der Waals surface area contributed by atoms with Crippen molar-refractivity contribution in [2.45, 2.75) is 75.4 Å². The van der Waals surface area contributed by atoms with Crippen LogP contribution in [0.4, 0.5) is 11.4 Å². The summed E-state index contributed by atoms with van der Waals surface area (Å²) in [7, 11) is -1.56. The number of aliphatic hydroxyl groups excluding tert-OH is 1. The van der Waals surface area contributed by atoms with E-state index in [1.54, 1.807) is 14.5 Å². The van der Waals surface area contributed by atoms with Gasteiger partial charge >= 0.3 is 5.97 Å². The molecule has 3 N–H and O–H groups in total. The summed E-state index contributed by atoms with van der Waals surface area (Å²) >= 11 is 0. The highest BCUT2D eigenvalue weighted by Gasteiger charge is 2.66. The first kappa shape index (κ1) is 35.9. The van der Waals surface area contributed by atoms with Gasteiger partial charge in [0.25, 0.3) is 5.91 Å². The maximum absolute atomic E-state index is 14.8. The van der Waals surface area contributed by atoms with Crippen molar-refractivity contribution in [1.29, 1.82) is 0 Å². The number of ether oxygens (including phenoxy) is 2. The monoisotopic (exact) mass is 704 g/mol. The molecule has 1 spiro atoms. The molecule has 50 heavy (non-hydrogen) atoms. The van der Waals surface area contributed by atoms with E-state index in [1.807, 2.05) is 74.7 Å². The van der Waals surface area contributed by atoms with Crippen molar-refractivity contribution in [3.8, 4) is 0 Å². The highest BCUT2D eigenvalue weighted by atomic mass is 28.4. The van der Waals surface area contributed by atoms with E-state index in [4.69, 9.17) is 9.47 Å². The quantitative estimate of drug-likeness (QED) is 0.137. The molecule has 5 atom stereocenters. The van der Waals surface area contributed by atoms with Gasteiger partial charge in [0.1, 0.15) is 0 Å². The van der Waals surface area contributed by atoms with Gasteiger partial charge in [0.05, 0.1) is 43.7 Å². The molecule has 1 unspecified atom stereocenters. The lowest BCUT2D eigenvalue weighted by atomic mass is 9.82. The van der Waals surface area contributed by atoms with E-state index >= 15 is 0 Å². The van der Waals surface area contributed by atoms with Crippen molar-refractivity contribution in [3.63, 3.8) is 0 Å². The molecular formula is C36H48N6O7Si. The van der Waals surface area contributed by atoms with Crippen LogP contribution in [0.5, 0.6) is 0 Å². The molecule has 2 fully saturated rings. The fourth-order valence-corrected chi connectivity index (χ4v) is 10.7. The second-order valence-corrected chi connectivity index (χ2v) is 18.1. The molecule has 1 aromatic heterocycles. The van der Waals surface area contributed by atoms with Gasteiger partial charge < -0.3 is 34.5 Å². The van der Waals surface area contributed by atoms with E-state index in [-0.39, 0.29) is 54.7 Å². The predicted octanol–water partition coefficient (Wildman–Crippen LogP) is 2.92. The zero-order chi connectivity index (χ0) is 35.6. The SMILES string of the molecule is COC(=O)CCCCN1C(=O)[C@]2(O[C@H](CCn3cc(C(CO)c4ccccc4)nn3)[C@@H]([Si](C)(C)O)[C@@H]2C)c2cc(N3CCNCC3=O)ccc21. The Bertz CT molecular complexity index is 1700. The Hall–Kier alpha value is -3.95. The summed E-state index contributed by atoms with van der Waals surface area (Å²) in [4.78, 5) is 54.7. The van der Waals surface area contributed by atoms with Crippen LogP contribution in [0.3, 0.4) is 0 Å². The Morgan fingerprint density at radius 3 is 2.64 bits per heavy atom. The van der Waals surface area contributed by atoms with Crippen LogP contribution in [0.25, 0.3) is 0 Å². The minimum atomic E-state index is -2.92. The zero-order valence-corrected chi connectivity index (χ0v) is 30.2. The normalized spacial score (nSPS) is 24.2. The average Bonchev–Trinajstić information content (AvgIpc) is 3.76. The minimum Gasteiger partial charge on any atom is -0.469 e. The first-order chi connectivity index (χ1) is 24.0. The van der Waals surface area contributed by atoms with Crippen LogP contribution >= 0.6 is 0 Å². The number of aromatic nitrogens is 3. The second-order valence-electron chi connectivity index (χ2n) is 14.1. The smallest absolute Gasteiger partial charge is 0.305 e. The van der Waals surface area contributed by atoms with Crippen LogP contribution in [0.2, 0.25) is 18.6 Å². The number of aliphatic hydroxyl groups is 1. The molecule has 2 aromatic carbocycles. The average molecular weight is 705 g/mol. The molecule has 3 aromatic rings. The molecule has 0 saturated carbocycles.